The third-order valence-electron chi connectivity index (χ3n) is 5.38. The predicted molar refractivity (Wildman–Crippen MR) is 99.7 cm³/mol. The first-order valence-electron chi connectivity index (χ1n) is 9.24. The van der Waals surface area contributed by atoms with Crippen molar-refractivity contribution >= 4 is 23.6 Å². The standard InChI is InChI=1S/C19H28N2O3S/c1-4-5-8-25-12-15-9-17(24-13(15)2)19(23)21-10-14-6-7-16(11-21)20(3)18(14)22/h9,14,16H,4-8,10-12H2,1-3H3. The van der Waals surface area contributed by atoms with Gasteiger partial charge in [0.15, 0.2) is 5.76 Å². The van der Waals surface area contributed by atoms with Crippen molar-refractivity contribution in [2.24, 2.45) is 5.92 Å². The van der Waals surface area contributed by atoms with E-state index in [1.165, 1.54) is 12.8 Å². The molecule has 2 atom stereocenters. The third-order valence-corrected chi connectivity index (χ3v) is 6.48. The molecule has 0 spiro atoms. The van der Waals surface area contributed by atoms with Crippen LogP contribution < -0.4 is 0 Å². The van der Waals surface area contributed by atoms with Crippen molar-refractivity contribution in [2.75, 3.05) is 25.9 Å². The van der Waals surface area contributed by atoms with Crippen molar-refractivity contribution in [3.8, 4) is 0 Å². The number of likely N-dealkylation sites (N-methyl/N-ethyl adjacent to an activating group) is 1. The fourth-order valence-corrected chi connectivity index (χ4v) is 4.82. The highest BCUT2D eigenvalue weighted by atomic mass is 32.2. The van der Waals surface area contributed by atoms with Crippen LogP contribution in [-0.2, 0) is 10.5 Å². The molecule has 2 amide bonds. The van der Waals surface area contributed by atoms with Gasteiger partial charge in [-0.05, 0) is 38.0 Å². The minimum absolute atomic E-state index is 0.0622. The Labute approximate surface area is 154 Å². The molecule has 0 saturated carbocycles. The maximum absolute atomic E-state index is 12.9. The van der Waals surface area contributed by atoms with Crippen LogP contribution in [0.3, 0.4) is 0 Å². The summed E-state index contributed by atoms with van der Waals surface area (Å²) in [6.07, 6.45) is 4.28. The van der Waals surface area contributed by atoms with Crippen molar-refractivity contribution in [1.29, 1.82) is 0 Å². The molecule has 0 aromatic carbocycles. The number of carbonyl (C=O) groups is 2. The van der Waals surface area contributed by atoms with E-state index in [2.05, 4.69) is 6.92 Å². The van der Waals surface area contributed by atoms with Gasteiger partial charge in [-0.25, -0.2) is 0 Å². The van der Waals surface area contributed by atoms with Gasteiger partial charge in [0.1, 0.15) is 5.76 Å². The van der Waals surface area contributed by atoms with Crippen LogP contribution in [0.2, 0.25) is 0 Å². The van der Waals surface area contributed by atoms with Crippen molar-refractivity contribution in [1.82, 2.24) is 9.80 Å². The second kappa shape index (κ2) is 7.85. The van der Waals surface area contributed by atoms with Gasteiger partial charge in [-0.1, -0.05) is 13.3 Å². The predicted octanol–water partition coefficient (Wildman–Crippen LogP) is 3.31. The van der Waals surface area contributed by atoms with Crippen molar-refractivity contribution in [3.63, 3.8) is 0 Å². The third kappa shape index (κ3) is 3.89. The summed E-state index contributed by atoms with van der Waals surface area (Å²) in [5, 5.41) is 0. The van der Waals surface area contributed by atoms with Gasteiger partial charge in [0.2, 0.25) is 5.91 Å². The molecule has 3 fully saturated rings. The molecule has 4 heterocycles. The van der Waals surface area contributed by atoms with E-state index in [9.17, 15) is 9.59 Å². The van der Waals surface area contributed by atoms with Gasteiger partial charge >= 0.3 is 0 Å². The average molecular weight is 365 g/mol. The summed E-state index contributed by atoms with van der Waals surface area (Å²) in [5.74, 6) is 3.30. The zero-order chi connectivity index (χ0) is 18.0. The summed E-state index contributed by atoms with van der Waals surface area (Å²) < 4.78 is 5.77. The largest absolute Gasteiger partial charge is 0.456 e. The Balaban J connectivity index is 1.68. The average Bonchev–Trinajstić information content (AvgIpc) is 2.78. The van der Waals surface area contributed by atoms with Crippen LogP contribution in [-0.4, -0.2) is 53.5 Å². The lowest BCUT2D eigenvalue weighted by Gasteiger charge is -2.32. The minimum atomic E-state index is -0.0760. The zero-order valence-corrected chi connectivity index (χ0v) is 16.2. The monoisotopic (exact) mass is 364 g/mol. The second-order valence-electron chi connectivity index (χ2n) is 7.19. The Morgan fingerprint density at radius 2 is 2.16 bits per heavy atom. The maximum Gasteiger partial charge on any atom is 0.289 e. The summed E-state index contributed by atoms with van der Waals surface area (Å²) >= 11 is 1.88. The van der Waals surface area contributed by atoms with Crippen LogP contribution in [0.15, 0.2) is 10.5 Å². The van der Waals surface area contributed by atoms with E-state index in [-0.39, 0.29) is 23.8 Å². The number of unbranched alkanes of at least 4 members (excludes halogenated alkanes) is 1. The van der Waals surface area contributed by atoms with E-state index in [0.717, 1.165) is 35.7 Å². The van der Waals surface area contributed by atoms with E-state index >= 15 is 0 Å². The molecule has 6 heteroatoms. The van der Waals surface area contributed by atoms with E-state index in [1.807, 2.05) is 41.6 Å². The molecule has 4 rings (SSSR count). The molecule has 3 saturated heterocycles. The van der Waals surface area contributed by atoms with Crippen LogP contribution >= 0.6 is 11.8 Å². The Kier molecular flexibility index (Phi) is 5.77. The number of carbonyl (C=O) groups excluding carboxylic acids is 2. The van der Waals surface area contributed by atoms with Gasteiger partial charge in [-0.15, -0.1) is 0 Å². The number of piperidine rings is 1. The first-order chi connectivity index (χ1) is 12.0. The topological polar surface area (TPSA) is 53.8 Å². The Bertz CT molecular complexity index is 643. The van der Waals surface area contributed by atoms with Crippen LogP contribution in [0.5, 0.6) is 0 Å². The van der Waals surface area contributed by atoms with E-state index in [1.54, 1.807) is 0 Å². The first-order valence-corrected chi connectivity index (χ1v) is 10.4. The van der Waals surface area contributed by atoms with Crippen LogP contribution in [0.4, 0.5) is 0 Å². The molecule has 25 heavy (non-hydrogen) atoms. The highest BCUT2D eigenvalue weighted by Gasteiger charge is 2.40. The van der Waals surface area contributed by atoms with Crippen molar-refractivity contribution in [3.05, 3.63) is 23.2 Å². The quantitative estimate of drug-likeness (QED) is 0.727. The van der Waals surface area contributed by atoms with Gasteiger partial charge in [0.05, 0.1) is 5.92 Å². The summed E-state index contributed by atoms with van der Waals surface area (Å²) in [7, 11) is 1.86. The van der Waals surface area contributed by atoms with E-state index in [0.29, 0.717) is 18.8 Å². The molecule has 3 aliphatic heterocycles. The number of thioether (sulfide) groups is 1. The lowest BCUT2D eigenvalue weighted by Crippen LogP contribution is -2.45. The summed E-state index contributed by atoms with van der Waals surface area (Å²) in [4.78, 5) is 28.9. The molecule has 5 nitrogen and oxygen atoms in total. The second-order valence-corrected chi connectivity index (χ2v) is 8.29. The number of hydrogen-bond donors (Lipinski definition) is 0. The maximum atomic E-state index is 12.9. The molecule has 2 unspecified atom stereocenters. The molecule has 1 aromatic heterocycles. The Morgan fingerprint density at radius 3 is 2.92 bits per heavy atom. The van der Waals surface area contributed by atoms with Crippen LogP contribution in [0.25, 0.3) is 0 Å². The minimum Gasteiger partial charge on any atom is -0.456 e. The number of hydrogen-bond acceptors (Lipinski definition) is 4. The molecule has 0 radical (unpaired) electrons. The Hall–Kier alpha value is -1.43. The van der Waals surface area contributed by atoms with Crippen molar-refractivity contribution in [2.45, 2.75) is 51.3 Å². The van der Waals surface area contributed by atoms with Gasteiger partial charge in [0.25, 0.3) is 5.91 Å². The first kappa shape index (κ1) is 18.4. The highest BCUT2D eigenvalue weighted by Crippen LogP contribution is 2.29. The molecular formula is C19H28N2O3S. The molecule has 0 aliphatic carbocycles. The number of aryl methyl sites for hydroxylation is 1. The molecule has 3 aliphatic rings. The highest BCUT2D eigenvalue weighted by molar-refractivity contribution is 7.98. The number of furan rings is 1. The molecule has 1 aromatic rings. The number of nitrogens with zero attached hydrogens (tertiary/aromatic N) is 2. The summed E-state index contributed by atoms with van der Waals surface area (Å²) in [6.45, 7) is 5.24. The normalized spacial score (nSPS) is 23.2. The van der Waals surface area contributed by atoms with Gasteiger partial charge in [0, 0.05) is 37.5 Å². The molecule has 2 bridgehead atoms. The van der Waals surface area contributed by atoms with E-state index < -0.39 is 0 Å². The number of fused-ring (bicyclic) bond motifs is 4. The SMILES string of the molecule is CCCCSCc1cc(C(=O)N2CC3CCC(C2)N(C)C3=O)oc1C. The van der Waals surface area contributed by atoms with Crippen LogP contribution in [0, 0.1) is 12.8 Å². The molecule has 138 valence electrons. The smallest absolute Gasteiger partial charge is 0.289 e. The van der Waals surface area contributed by atoms with Gasteiger partial charge in [-0.2, -0.15) is 11.8 Å². The summed E-state index contributed by atoms with van der Waals surface area (Å²) in [6, 6.07) is 2.03. The molecule has 0 N–H and O–H groups in total. The molecular weight excluding hydrogens is 336 g/mol. The summed E-state index contributed by atoms with van der Waals surface area (Å²) in [5.41, 5.74) is 1.11. The number of amides is 2. The zero-order valence-electron chi connectivity index (χ0n) is 15.4. The van der Waals surface area contributed by atoms with Crippen LogP contribution in [0.1, 0.15) is 54.5 Å². The fourth-order valence-electron chi connectivity index (χ4n) is 3.68. The lowest BCUT2D eigenvalue weighted by atomic mass is 9.95. The van der Waals surface area contributed by atoms with Crippen molar-refractivity contribution < 1.29 is 14.0 Å². The Morgan fingerprint density at radius 1 is 1.36 bits per heavy atom. The van der Waals surface area contributed by atoms with Gasteiger partial charge < -0.3 is 14.2 Å². The van der Waals surface area contributed by atoms with E-state index in [4.69, 9.17) is 4.42 Å². The van der Waals surface area contributed by atoms with Gasteiger partial charge in [-0.3, -0.25) is 9.59 Å². The lowest BCUT2D eigenvalue weighted by molar-refractivity contribution is -0.138. The fraction of sp³-hybridized carbons (Fsp3) is 0.684. The number of rotatable bonds is 6.